The first-order valence-corrected chi connectivity index (χ1v) is 8.72. The Bertz CT molecular complexity index is 712. The maximum absolute atomic E-state index is 12.2. The molecule has 2 aromatic rings. The molecule has 0 unspecified atom stereocenters. The maximum Gasteiger partial charge on any atom is 0.220 e. The van der Waals surface area contributed by atoms with E-state index in [1.54, 1.807) is 6.26 Å². The van der Waals surface area contributed by atoms with Crippen LogP contribution in [0.2, 0.25) is 0 Å². The number of likely N-dealkylation sites (tertiary alicyclic amines) is 1. The Labute approximate surface area is 146 Å². The van der Waals surface area contributed by atoms with Gasteiger partial charge in [0.15, 0.2) is 0 Å². The van der Waals surface area contributed by atoms with Crippen LogP contribution in [0, 0.1) is 18.8 Å². The highest BCUT2D eigenvalue weighted by molar-refractivity contribution is 5.76. The number of nitrogens with zero attached hydrogens (tertiary/aromatic N) is 2. The number of carbonyl (C=O) groups is 1. The van der Waals surface area contributed by atoms with Crippen molar-refractivity contribution in [3.05, 3.63) is 41.7 Å². The summed E-state index contributed by atoms with van der Waals surface area (Å²) in [7, 11) is 0. The van der Waals surface area contributed by atoms with Gasteiger partial charge in [-0.15, -0.1) is 0 Å². The standard InChI is InChI=1S/C18H23N3O4/c1-12-5-14(20-25-12)8-21-9-16-13(11-24-17(16)10-21)6-18(22)19-7-15-3-2-4-23-15/h2-5,13,16-17H,6-11H2,1H3,(H,19,22)/t13-,16+,17+/m0/s1. The molecule has 4 rings (SSSR count). The molecule has 0 aliphatic carbocycles. The predicted molar refractivity (Wildman–Crippen MR) is 88.4 cm³/mol. The largest absolute Gasteiger partial charge is 0.467 e. The first-order valence-electron chi connectivity index (χ1n) is 8.72. The van der Waals surface area contributed by atoms with E-state index >= 15 is 0 Å². The lowest BCUT2D eigenvalue weighted by Crippen LogP contribution is -2.29. The molecule has 7 nitrogen and oxygen atoms in total. The van der Waals surface area contributed by atoms with Gasteiger partial charge in [-0.2, -0.15) is 0 Å². The van der Waals surface area contributed by atoms with E-state index in [1.165, 1.54) is 0 Å². The lowest BCUT2D eigenvalue weighted by Gasteiger charge is -2.18. The summed E-state index contributed by atoms with van der Waals surface area (Å²) in [4.78, 5) is 14.5. The van der Waals surface area contributed by atoms with Gasteiger partial charge in [0.1, 0.15) is 11.5 Å². The highest BCUT2D eigenvalue weighted by Crippen LogP contribution is 2.36. The number of fused-ring (bicyclic) bond motifs is 1. The van der Waals surface area contributed by atoms with Crippen LogP contribution in [0.1, 0.15) is 23.6 Å². The van der Waals surface area contributed by atoms with E-state index in [1.807, 2.05) is 25.1 Å². The molecule has 2 aliphatic heterocycles. The fraction of sp³-hybridized carbons (Fsp3) is 0.556. The molecule has 2 aliphatic rings. The number of hydrogen-bond acceptors (Lipinski definition) is 6. The lowest BCUT2D eigenvalue weighted by molar-refractivity contribution is -0.122. The van der Waals surface area contributed by atoms with Crippen LogP contribution in [-0.4, -0.2) is 41.8 Å². The first-order chi connectivity index (χ1) is 12.2. The van der Waals surface area contributed by atoms with Crippen molar-refractivity contribution in [2.75, 3.05) is 19.7 Å². The van der Waals surface area contributed by atoms with E-state index in [2.05, 4.69) is 15.4 Å². The summed E-state index contributed by atoms with van der Waals surface area (Å²) < 4.78 is 16.3. The van der Waals surface area contributed by atoms with Gasteiger partial charge in [0, 0.05) is 38.0 Å². The van der Waals surface area contributed by atoms with Crippen LogP contribution in [0.25, 0.3) is 0 Å². The molecule has 0 spiro atoms. The number of hydrogen-bond donors (Lipinski definition) is 1. The second kappa shape index (κ2) is 7.01. The highest BCUT2D eigenvalue weighted by Gasteiger charge is 2.44. The van der Waals surface area contributed by atoms with E-state index in [9.17, 15) is 4.79 Å². The Morgan fingerprint density at radius 3 is 3.12 bits per heavy atom. The quantitative estimate of drug-likeness (QED) is 0.859. The van der Waals surface area contributed by atoms with Gasteiger partial charge in [-0.25, -0.2) is 0 Å². The molecule has 2 fully saturated rings. The molecular weight excluding hydrogens is 322 g/mol. The summed E-state index contributed by atoms with van der Waals surface area (Å²) >= 11 is 0. The Kier molecular flexibility index (Phi) is 4.59. The van der Waals surface area contributed by atoms with Crippen molar-refractivity contribution in [1.29, 1.82) is 0 Å². The van der Waals surface area contributed by atoms with Gasteiger partial charge in [0.2, 0.25) is 5.91 Å². The lowest BCUT2D eigenvalue weighted by atomic mass is 9.90. The van der Waals surface area contributed by atoms with Crippen molar-refractivity contribution in [3.63, 3.8) is 0 Å². The van der Waals surface area contributed by atoms with Crippen LogP contribution in [-0.2, 0) is 22.6 Å². The molecule has 0 bridgehead atoms. The molecule has 0 aromatic carbocycles. The van der Waals surface area contributed by atoms with E-state index in [-0.39, 0.29) is 17.9 Å². The molecule has 2 aromatic heterocycles. The van der Waals surface area contributed by atoms with Gasteiger partial charge in [0.05, 0.1) is 31.2 Å². The number of aryl methyl sites for hydroxylation is 1. The third-order valence-electron chi connectivity index (χ3n) is 5.06. The zero-order valence-corrected chi connectivity index (χ0v) is 14.3. The fourth-order valence-electron chi connectivity index (χ4n) is 3.85. The normalized spacial score (nSPS) is 26.0. The van der Waals surface area contributed by atoms with Gasteiger partial charge >= 0.3 is 0 Å². The van der Waals surface area contributed by atoms with Crippen LogP contribution in [0.3, 0.4) is 0 Å². The molecule has 0 radical (unpaired) electrons. The summed E-state index contributed by atoms with van der Waals surface area (Å²) in [6.45, 7) is 5.60. The van der Waals surface area contributed by atoms with Crippen molar-refractivity contribution in [2.24, 2.45) is 11.8 Å². The molecule has 2 saturated heterocycles. The highest BCUT2D eigenvalue weighted by atomic mass is 16.5. The van der Waals surface area contributed by atoms with Crippen LogP contribution in [0.15, 0.2) is 33.4 Å². The minimum absolute atomic E-state index is 0.0521. The van der Waals surface area contributed by atoms with Gasteiger partial charge in [-0.1, -0.05) is 5.16 Å². The van der Waals surface area contributed by atoms with E-state index in [4.69, 9.17) is 13.7 Å². The second-order valence-corrected chi connectivity index (χ2v) is 6.98. The van der Waals surface area contributed by atoms with Gasteiger partial charge in [-0.05, 0) is 25.0 Å². The van der Waals surface area contributed by atoms with Crippen LogP contribution < -0.4 is 5.32 Å². The average Bonchev–Trinajstić information content (AvgIpc) is 3.34. The number of aromatic nitrogens is 1. The monoisotopic (exact) mass is 345 g/mol. The molecule has 1 N–H and O–H groups in total. The van der Waals surface area contributed by atoms with Crippen molar-refractivity contribution in [2.45, 2.75) is 32.5 Å². The first kappa shape index (κ1) is 16.4. The van der Waals surface area contributed by atoms with E-state index in [0.717, 1.165) is 36.8 Å². The van der Waals surface area contributed by atoms with Crippen molar-refractivity contribution >= 4 is 5.91 Å². The smallest absolute Gasteiger partial charge is 0.220 e. The number of furan rings is 1. The molecule has 25 heavy (non-hydrogen) atoms. The molecule has 7 heteroatoms. The molecule has 134 valence electrons. The van der Waals surface area contributed by atoms with E-state index in [0.29, 0.717) is 25.5 Å². The summed E-state index contributed by atoms with van der Waals surface area (Å²) in [5, 5.41) is 6.98. The van der Waals surface area contributed by atoms with Crippen molar-refractivity contribution < 1.29 is 18.5 Å². The van der Waals surface area contributed by atoms with Crippen LogP contribution in [0.4, 0.5) is 0 Å². The third kappa shape index (κ3) is 3.77. The molecule has 0 saturated carbocycles. The Morgan fingerprint density at radius 1 is 1.44 bits per heavy atom. The topological polar surface area (TPSA) is 80.7 Å². The number of carbonyl (C=O) groups excluding carboxylic acids is 1. The third-order valence-corrected chi connectivity index (χ3v) is 5.06. The predicted octanol–water partition coefficient (Wildman–Crippen LogP) is 1.73. The van der Waals surface area contributed by atoms with Crippen LogP contribution >= 0.6 is 0 Å². The zero-order valence-electron chi connectivity index (χ0n) is 14.3. The number of nitrogens with one attached hydrogen (secondary N) is 1. The summed E-state index contributed by atoms with van der Waals surface area (Å²) in [5.74, 6) is 2.32. The van der Waals surface area contributed by atoms with Crippen molar-refractivity contribution in [3.8, 4) is 0 Å². The Morgan fingerprint density at radius 2 is 2.36 bits per heavy atom. The fourth-order valence-corrected chi connectivity index (χ4v) is 3.85. The number of amides is 1. The van der Waals surface area contributed by atoms with E-state index < -0.39 is 0 Å². The number of ether oxygens (including phenoxy) is 1. The maximum atomic E-state index is 12.2. The second-order valence-electron chi connectivity index (χ2n) is 6.98. The van der Waals surface area contributed by atoms with Crippen molar-refractivity contribution in [1.82, 2.24) is 15.4 Å². The minimum atomic E-state index is 0.0521. The minimum Gasteiger partial charge on any atom is -0.467 e. The van der Waals surface area contributed by atoms with Gasteiger partial charge in [-0.3, -0.25) is 9.69 Å². The Hall–Kier alpha value is -2.12. The van der Waals surface area contributed by atoms with Crippen LogP contribution in [0.5, 0.6) is 0 Å². The molecular formula is C18H23N3O4. The summed E-state index contributed by atoms with van der Waals surface area (Å²) in [5.41, 5.74) is 0.949. The number of rotatable bonds is 6. The average molecular weight is 345 g/mol. The molecule has 3 atom stereocenters. The van der Waals surface area contributed by atoms with Gasteiger partial charge < -0.3 is 19.0 Å². The SMILES string of the molecule is Cc1cc(CN2C[C@@H]3[C@@H](CC(=O)NCc4ccco4)CO[C@@H]3C2)no1. The summed E-state index contributed by atoms with van der Waals surface area (Å²) in [6, 6.07) is 5.64. The Balaban J connectivity index is 1.27. The summed E-state index contributed by atoms with van der Waals surface area (Å²) in [6.07, 6.45) is 2.33. The van der Waals surface area contributed by atoms with Gasteiger partial charge in [0.25, 0.3) is 0 Å². The molecule has 1 amide bonds. The molecule has 4 heterocycles. The zero-order chi connectivity index (χ0) is 17.2.